The molecule has 0 fully saturated rings. The van der Waals surface area contributed by atoms with Crippen LogP contribution in [0.15, 0.2) is 24.3 Å². The van der Waals surface area contributed by atoms with E-state index < -0.39 is 29.1 Å². The van der Waals surface area contributed by atoms with E-state index in [4.69, 9.17) is 17.3 Å². The molecule has 94 valence electrons. The highest BCUT2D eigenvalue weighted by atomic mass is 35.5. The van der Waals surface area contributed by atoms with Crippen molar-refractivity contribution in [1.82, 2.24) is 4.98 Å². The van der Waals surface area contributed by atoms with Gasteiger partial charge in [0.25, 0.3) is 0 Å². The highest BCUT2D eigenvalue weighted by molar-refractivity contribution is 6.33. The number of hydrogen-bond acceptors (Lipinski definition) is 3. The van der Waals surface area contributed by atoms with Gasteiger partial charge in [0.15, 0.2) is 23.3 Å². The van der Waals surface area contributed by atoms with E-state index in [9.17, 15) is 13.2 Å². The number of hydrogen-bond donors (Lipinski definition) is 2. The standard InChI is InChI=1S/C11H7ClF3N3/c12-5-2-1-3-6(13)9(5)17-11-8(15)4-7(14)10(16)18-11/h1-4H,(H3,16,17,18). The molecule has 0 aliphatic rings. The summed E-state index contributed by atoms with van der Waals surface area (Å²) in [6.07, 6.45) is 0. The van der Waals surface area contributed by atoms with E-state index in [1.807, 2.05) is 0 Å². The van der Waals surface area contributed by atoms with Crippen molar-refractivity contribution >= 4 is 28.9 Å². The van der Waals surface area contributed by atoms with Crippen molar-refractivity contribution in [1.29, 1.82) is 0 Å². The Morgan fingerprint density at radius 2 is 1.83 bits per heavy atom. The van der Waals surface area contributed by atoms with E-state index in [0.29, 0.717) is 6.07 Å². The lowest BCUT2D eigenvalue weighted by atomic mass is 10.3. The number of nitrogens with two attached hydrogens (primary N) is 1. The topological polar surface area (TPSA) is 50.9 Å². The number of nitrogen functional groups attached to an aromatic ring is 1. The number of aromatic nitrogens is 1. The number of nitrogens with zero attached hydrogens (tertiary/aromatic N) is 1. The second kappa shape index (κ2) is 4.73. The molecule has 1 heterocycles. The van der Waals surface area contributed by atoms with Crippen molar-refractivity contribution < 1.29 is 13.2 Å². The van der Waals surface area contributed by atoms with Gasteiger partial charge in [-0.15, -0.1) is 0 Å². The van der Waals surface area contributed by atoms with Gasteiger partial charge in [-0.1, -0.05) is 17.7 Å². The molecular weight excluding hydrogens is 267 g/mol. The summed E-state index contributed by atoms with van der Waals surface area (Å²) in [6.45, 7) is 0. The molecule has 0 amide bonds. The van der Waals surface area contributed by atoms with Crippen molar-refractivity contribution in [3.8, 4) is 0 Å². The predicted molar refractivity (Wildman–Crippen MR) is 63.3 cm³/mol. The second-order valence-corrected chi connectivity index (χ2v) is 3.81. The van der Waals surface area contributed by atoms with Crippen LogP contribution in [0, 0.1) is 17.5 Å². The molecule has 0 aliphatic carbocycles. The number of pyridine rings is 1. The van der Waals surface area contributed by atoms with Crippen LogP contribution in [-0.2, 0) is 0 Å². The Bertz CT molecular complexity index is 584. The normalized spacial score (nSPS) is 10.4. The summed E-state index contributed by atoms with van der Waals surface area (Å²) in [4.78, 5) is 3.44. The number of nitrogens with one attached hydrogen (secondary N) is 1. The van der Waals surface area contributed by atoms with Crippen molar-refractivity contribution in [2.75, 3.05) is 11.1 Å². The Labute approximate surface area is 105 Å². The Morgan fingerprint density at radius 3 is 2.50 bits per heavy atom. The summed E-state index contributed by atoms with van der Waals surface area (Å²) < 4.78 is 39.7. The molecule has 0 unspecified atom stereocenters. The van der Waals surface area contributed by atoms with Gasteiger partial charge in [-0.25, -0.2) is 18.2 Å². The molecule has 7 heteroatoms. The molecule has 1 aromatic heterocycles. The summed E-state index contributed by atoms with van der Waals surface area (Å²) in [5.41, 5.74) is 5.04. The van der Waals surface area contributed by atoms with E-state index in [-0.39, 0.29) is 10.7 Å². The number of anilines is 3. The van der Waals surface area contributed by atoms with E-state index in [2.05, 4.69) is 10.3 Å². The molecule has 2 rings (SSSR count). The average molecular weight is 274 g/mol. The van der Waals surface area contributed by atoms with Gasteiger partial charge in [-0.2, -0.15) is 0 Å². The Kier molecular flexibility index (Phi) is 3.29. The summed E-state index contributed by atoms with van der Waals surface area (Å²) >= 11 is 5.74. The van der Waals surface area contributed by atoms with Gasteiger partial charge in [0.1, 0.15) is 5.82 Å². The molecule has 0 radical (unpaired) electrons. The van der Waals surface area contributed by atoms with Crippen LogP contribution in [-0.4, -0.2) is 4.98 Å². The van der Waals surface area contributed by atoms with E-state index in [0.717, 1.165) is 6.07 Å². The summed E-state index contributed by atoms with van der Waals surface area (Å²) in [7, 11) is 0. The fraction of sp³-hybridized carbons (Fsp3) is 0. The molecule has 2 aromatic rings. The highest BCUT2D eigenvalue weighted by Crippen LogP contribution is 2.29. The first kappa shape index (κ1) is 12.5. The quantitative estimate of drug-likeness (QED) is 0.881. The molecule has 3 nitrogen and oxygen atoms in total. The maximum Gasteiger partial charge on any atom is 0.169 e. The minimum absolute atomic E-state index is 0.0408. The van der Waals surface area contributed by atoms with Crippen LogP contribution in [0.3, 0.4) is 0 Å². The number of halogens is 4. The lowest BCUT2D eigenvalue weighted by Crippen LogP contribution is -2.04. The Morgan fingerprint density at radius 1 is 1.11 bits per heavy atom. The van der Waals surface area contributed by atoms with E-state index in [1.165, 1.54) is 12.1 Å². The Hall–Kier alpha value is -1.95. The zero-order valence-electron chi connectivity index (χ0n) is 8.85. The van der Waals surface area contributed by atoms with Gasteiger partial charge in [-0.3, -0.25) is 0 Å². The van der Waals surface area contributed by atoms with Gasteiger partial charge < -0.3 is 11.1 Å². The SMILES string of the molecule is Nc1nc(Nc2c(F)cccc2Cl)c(F)cc1F. The van der Waals surface area contributed by atoms with Crippen molar-refractivity contribution in [3.05, 3.63) is 46.7 Å². The first-order valence-electron chi connectivity index (χ1n) is 4.81. The molecule has 0 spiro atoms. The van der Waals surface area contributed by atoms with Crippen LogP contribution >= 0.6 is 11.6 Å². The zero-order chi connectivity index (χ0) is 13.3. The molecule has 3 N–H and O–H groups in total. The van der Waals surface area contributed by atoms with Gasteiger partial charge in [0.2, 0.25) is 0 Å². The highest BCUT2D eigenvalue weighted by Gasteiger charge is 2.13. The molecule has 0 saturated carbocycles. The Balaban J connectivity index is 2.43. The van der Waals surface area contributed by atoms with Gasteiger partial charge in [-0.05, 0) is 12.1 Å². The maximum atomic E-state index is 13.4. The largest absolute Gasteiger partial charge is 0.381 e. The molecular formula is C11H7ClF3N3. The zero-order valence-corrected chi connectivity index (χ0v) is 9.60. The van der Waals surface area contributed by atoms with Crippen molar-refractivity contribution in [2.45, 2.75) is 0 Å². The monoisotopic (exact) mass is 273 g/mol. The third kappa shape index (κ3) is 2.33. The maximum absolute atomic E-state index is 13.4. The third-order valence-electron chi connectivity index (χ3n) is 2.16. The first-order valence-corrected chi connectivity index (χ1v) is 5.19. The molecule has 0 aliphatic heterocycles. The fourth-order valence-corrected chi connectivity index (χ4v) is 1.51. The number of benzene rings is 1. The van der Waals surface area contributed by atoms with E-state index in [1.54, 1.807) is 0 Å². The van der Waals surface area contributed by atoms with E-state index >= 15 is 0 Å². The molecule has 0 saturated heterocycles. The van der Waals surface area contributed by atoms with Gasteiger partial charge in [0.05, 0.1) is 10.7 Å². The van der Waals surface area contributed by atoms with Crippen LogP contribution < -0.4 is 11.1 Å². The van der Waals surface area contributed by atoms with Crippen LogP contribution in [0.1, 0.15) is 0 Å². The molecule has 18 heavy (non-hydrogen) atoms. The minimum Gasteiger partial charge on any atom is -0.381 e. The van der Waals surface area contributed by atoms with Gasteiger partial charge >= 0.3 is 0 Å². The van der Waals surface area contributed by atoms with Crippen molar-refractivity contribution in [2.24, 2.45) is 0 Å². The summed E-state index contributed by atoms with van der Waals surface area (Å²) in [5.74, 6) is -3.57. The number of para-hydroxylation sites is 1. The van der Waals surface area contributed by atoms with Gasteiger partial charge in [0, 0.05) is 6.07 Å². The first-order chi connectivity index (χ1) is 8.49. The summed E-state index contributed by atoms with van der Waals surface area (Å²) in [6, 6.07) is 4.50. The van der Waals surface area contributed by atoms with Crippen LogP contribution in [0.2, 0.25) is 5.02 Å². The van der Waals surface area contributed by atoms with Crippen molar-refractivity contribution in [3.63, 3.8) is 0 Å². The third-order valence-corrected chi connectivity index (χ3v) is 2.48. The minimum atomic E-state index is -0.999. The number of rotatable bonds is 2. The van der Waals surface area contributed by atoms with Crippen LogP contribution in [0.5, 0.6) is 0 Å². The predicted octanol–water partition coefficient (Wildman–Crippen LogP) is 3.48. The smallest absolute Gasteiger partial charge is 0.169 e. The second-order valence-electron chi connectivity index (χ2n) is 3.41. The molecule has 1 aromatic carbocycles. The lowest BCUT2D eigenvalue weighted by molar-refractivity contribution is 0.580. The van der Waals surface area contributed by atoms with Crippen LogP contribution in [0.25, 0.3) is 0 Å². The lowest BCUT2D eigenvalue weighted by Gasteiger charge is -2.10. The summed E-state index contributed by atoms with van der Waals surface area (Å²) in [5, 5.41) is 2.38. The molecule has 0 atom stereocenters. The average Bonchev–Trinajstić information content (AvgIpc) is 2.30. The molecule has 0 bridgehead atoms. The van der Waals surface area contributed by atoms with Crippen LogP contribution in [0.4, 0.5) is 30.5 Å². The fourth-order valence-electron chi connectivity index (χ4n) is 1.30.